The molecule has 0 spiro atoms. The van der Waals surface area contributed by atoms with Crippen LogP contribution in [0.25, 0.3) is 0 Å². The summed E-state index contributed by atoms with van der Waals surface area (Å²) >= 11 is 1.57. The summed E-state index contributed by atoms with van der Waals surface area (Å²) in [6.45, 7) is 1.37. The lowest BCUT2D eigenvalue weighted by atomic mass is 9.79. The molecule has 2 aromatic rings. The minimum absolute atomic E-state index is 0.461. The van der Waals surface area contributed by atoms with Gasteiger partial charge in [0.25, 0.3) is 0 Å². The maximum absolute atomic E-state index is 9.25. The zero-order chi connectivity index (χ0) is 14.5. The molecule has 0 aliphatic carbocycles. The molecule has 1 aromatic carbocycles. The van der Waals surface area contributed by atoms with Crippen LogP contribution in [-0.2, 0) is 13.1 Å². The normalized spacial score (nSPS) is 10.8. The highest BCUT2D eigenvalue weighted by atomic mass is 32.1. The van der Waals surface area contributed by atoms with Crippen molar-refractivity contribution in [1.29, 1.82) is 0 Å². The van der Waals surface area contributed by atoms with Crippen molar-refractivity contribution in [3.63, 3.8) is 0 Å². The van der Waals surface area contributed by atoms with E-state index in [1.165, 1.54) is 0 Å². The van der Waals surface area contributed by atoms with Gasteiger partial charge in [-0.2, -0.15) is 0 Å². The fourth-order valence-corrected chi connectivity index (χ4v) is 2.57. The summed E-state index contributed by atoms with van der Waals surface area (Å²) in [5.41, 5.74) is 4.21. The molecule has 0 saturated heterocycles. The minimum atomic E-state index is -1.47. The van der Waals surface area contributed by atoms with Crippen molar-refractivity contribution in [1.82, 2.24) is 9.88 Å². The van der Waals surface area contributed by atoms with Crippen molar-refractivity contribution in [3.8, 4) is 5.75 Å². The molecule has 0 aliphatic heterocycles. The lowest BCUT2D eigenvalue weighted by Crippen LogP contribution is -2.30. The van der Waals surface area contributed by atoms with Crippen LogP contribution in [0.2, 0.25) is 0 Å². The van der Waals surface area contributed by atoms with E-state index in [1.54, 1.807) is 36.6 Å². The summed E-state index contributed by atoms with van der Waals surface area (Å²) in [7, 11) is 2.12. The second-order valence-electron chi connectivity index (χ2n) is 4.60. The van der Waals surface area contributed by atoms with Crippen molar-refractivity contribution in [2.45, 2.75) is 13.1 Å². The average molecular weight is 292 g/mol. The van der Waals surface area contributed by atoms with Crippen molar-refractivity contribution in [2.24, 2.45) is 0 Å². The van der Waals surface area contributed by atoms with Gasteiger partial charge < -0.3 is 14.8 Å². The highest BCUT2D eigenvalue weighted by molar-refractivity contribution is 7.07. The third kappa shape index (κ3) is 3.80. The molecular weight excluding hydrogens is 275 g/mol. The number of thiazole rings is 1. The quantitative estimate of drug-likeness (QED) is 0.757. The van der Waals surface area contributed by atoms with Crippen molar-refractivity contribution in [2.75, 3.05) is 14.2 Å². The smallest absolute Gasteiger partial charge is 0.488 e. The van der Waals surface area contributed by atoms with Gasteiger partial charge in [0, 0.05) is 24.0 Å². The predicted molar refractivity (Wildman–Crippen MR) is 80.1 cm³/mol. The van der Waals surface area contributed by atoms with E-state index in [2.05, 4.69) is 9.88 Å². The van der Waals surface area contributed by atoms with E-state index in [9.17, 15) is 10.0 Å². The van der Waals surface area contributed by atoms with Gasteiger partial charge in [-0.15, -0.1) is 11.3 Å². The van der Waals surface area contributed by atoms with Gasteiger partial charge in [-0.1, -0.05) is 12.1 Å². The van der Waals surface area contributed by atoms with Crippen molar-refractivity contribution in [3.05, 3.63) is 40.3 Å². The van der Waals surface area contributed by atoms with Crippen LogP contribution in [0.4, 0.5) is 0 Å². The Morgan fingerprint density at radius 1 is 1.35 bits per heavy atom. The molecule has 0 bridgehead atoms. The molecule has 7 heteroatoms. The third-order valence-electron chi connectivity index (χ3n) is 2.96. The summed E-state index contributed by atoms with van der Waals surface area (Å²) in [4.78, 5) is 6.35. The number of methoxy groups -OCH3 is 1. The van der Waals surface area contributed by atoms with Gasteiger partial charge in [0.05, 0.1) is 18.3 Å². The molecule has 2 rings (SSSR count). The number of hydrogen-bond donors (Lipinski definition) is 2. The van der Waals surface area contributed by atoms with Gasteiger partial charge in [0.15, 0.2) is 0 Å². The van der Waals surface area contributed by atoms with Gasteiger partial charge in [-0.05, 0) is 18.6 Å². The zero-order valence-electron chi connectivity index (χ0n) is 11.5. The first-order valence-electron chi connectivity index (χ1n) is 6.18. The van der Waals surface area contributed by atoms with Gasteiger partial charge >= 0.3 is 7.12 Å². The van der Waals surface area contributed by atoms with Gasteiger partial charge in [0.2, 0.25) is 0 Å². The van der Waals surface area contributed by atoms with Crippen LogP contribution in [0.15, 0.2) is 29.1 Å². The molecule has 1 aromatic heterocycles. The number of benzene rings is 1. The largest absolute Gasteiger partial charge is 0.496 e. The van der Waals surface area contributed by atoms with E-state index in [0.717, 1.165) is 23.6 Å². The SMILES string of the molecule is COc1ccc(B(O)O)cc1CN(C)Cc1cscn1. The molecular formula is C13H17BN2O3S. The Balaban J connectivity index is 2.12. The van der Waals surface area contributed by atoms with Crippen molar-refractivity contribution >= 4 is 23.9 Å². The Morgan fingerprint density at radius 3 is 2.75 bits per heavy atom. The highest BCUT2D eigenvalue weighted by Crippen LogP contribution is 2.19. The van der Waals surface area contributed by atoms with Crippen LogP contribution in [0.5, 0.6) is 5.75 Å². The van der Waals surface area contributed by atoms with Crippen LogP contribution >= 0.6 is 11.3 Å². The molecule has 5 nitrogen and oxygen atoms in total. The van der Waals surface area contributed by atoms with E-state index in [4.69, 9.17) is 4.74 Å². The molecule has 0 fully saturated rings. The van der Waals surface area contributed by atoms with Crippen LogP contribution in [0.1, 0.15) is 11.3 Å². The fraction of sp³-hybridized carbons (Fsp3) is 0.308. The number of rotatable bonds is 6. The Kier molecular flexibility index (Phi) is 5.14. The van der Waals surface area contributed by atoms with Gasteiger partial charge in [-0.3, -0.25) is 4.90 Å². The number of aromatic nitrogens is 1. The lowest BCUT2D eigenvalue weighted by molar-refractivity contribution is 0.307. The monoisotopic (exact) mass is 292 g/mol. The average Bonchev–Trinajstić information content (AvgIpc) is 2.91. The first kappa shape index (κ1) is 15.0. The van der Waals surface area contributed by atoms with E-state index in [-0.39, 0.29) is 0 Å². The summed E-state index contributed by atoms with van der Waals surface area (Å²) in [6, 6.07) is 5.15. The molecule has 0 unspecified atom stereocenters. The summed E-state index contributed by atoms with van der Waals surface area (Å²) in [5.74, 6) is 0.736. The van der Waals surface area contributed by atoms with E-state index < -0.39 is 7.12 Å². The highest BCUT2D eigenvalue weighted by Gasteiger charge is 2.15. The van der Waals surface area contributed by atoms with Gasteiger partial charge in [-0.25, -0.2) is 4.98 Å². The minimum Gasteiger partial charge on any atom is -0.496 e. The first-order valence-corrected chi connectivity index (χ1v) is 7.13. The molecule has 2 N–H and O–H groups in total. The summed E-state index contributed by atoms with van der Waals surface area (Å²) in [6.07, 6.45) is 0. The number of ether oxygens (including phenoxy) is 1. The molecule has 106 valence electrons. The number of hydrogen-bond acceptors (Lipinski definition) is 6. The summed E-state index contributed by atoms with van der Waals surface area (Å²) < 4.78 is 5.31. The molecule has 0 amide bonds. The number of nitrogens with zero attached hydrogens (tertiary/aromatic N) is 2. The third-order valence-corrected chi connectivity index (χ3v) is 3.59. The van der Waals surface area contributed by atoms with Crippen LogP contribution in [0, 0.1) is 0 Å². The molecule has 0 aliphatic rings. The molecule has 0 atom stereocenters. The Hall–Kier alpha value is -1.41. The lowest BCUT2D eigenvalue weighted by Gasteiger charge is -2.18. The summed E-state index contributed by atoms with van der Waals surface area (Å²) in [5, 5.41) is 20.5. The molecule has 0 saturated carbocycles. The van der Waals surface area contributed by atoms with E-state index in [0.29, 0.717) is 12.0 Å². The van der Waals surface area contributed by atoms with Gasteiger partial charge in [0.1, 0.15) is 5.75 Å². The van der Waals surface area contributed by atoms with Crippen molar-refractivity contribution < 1.29 is 14.8 Å². The second-order valence-corrected chi connectivity index (χ2v) is 5.32. The molecule has 0 radical (unpaired) electrons. The van der Waals surface area contributed by atoms with E-state index in [1.807, 2.05) is 17.9 Å². The Bertz CT molecular complexity index is 549. The molecule has 20 heavy (non-hydrogen) atoms. The Morgan fingerprint density at radius 2 is 2.15 bits per heavy atom. The van der Waals surface area contributed by atoms with E-state index >= 15 is 0 Å². The zero-order valence-corrected chi connectivity index (χ0v) is 12.3. The van der Waals surface area contributed by atoms with Crippen LogP contribution in [-0.4, -0.2) is 41.2 Å². The van der Waals surface area contributed by atoms with Crippen LogP contribution in [0.3, 0.4) is 0 Å². The fourth-order valence-electron chi connectivity index (χ4n) is 2.02. The van der Waals surface area contributed by atoms with Crippen LogP contribution < -0.4 is 10.2 Å². The standard InChI is InChI=1S/C13H17BN2O3S/c1-16(7-12-8-20-9-15-12)6-10-5-11(14(17)18)3-4-13(10)19-2/h3-5,8-9,17-18H,6-7H2,1-2H3. The predicted octanol–water partition coefficient (Wildman–Crippen LogP) is 0.463. The Labute approximate surface area is 122 Å². The topological polar surface area (TPSA) is 65.8 Å². The first-order chi connectivity index (χ1) is 9.60. The maximum atomic E-state index is 9.25. The second kappa shape index (κ2) is 6.85. The molecule has 1 heterocycles. The maximum Gasteiger partial charge on any atom is 0.488 e.